The number of carbonyl (C=O) groups excluding carboxylic acids is 1. The second-order valence-electron chi connectivity index (χ2n) is 9.86. The molecule has 0 spiro atoms. The van der Waals surface area contributed by atoms with Gasteiger partial charge in [0, 0.05) is 86.7 Å². The second-order valence-corrected chi connectivity index (χ2v) is 9.86. The average molecular weight is 490 g/mol. The molecule has 10 heteroatoms. The molecule has 0 aliphatic carbocycles. The van der Waals surface area contributed by atoms with E-state index in [1.54, 1.807) is 5.48 Å². The van der Waals surface area contributed by atoms with Gasteiger partial charge >= 0.3 is 0 Å². The molecule has 5 heterocycles. The number of fused-ring (bicyclic) bond motifs is 3. The van der Waals surface area contributed by atoms with E-state index in [-0.39, 0.29) is 11.7 Å². The Bertz CT molecular complexity index is 1290. The van der Waals surface area contributed by atoms with Gasteiger partial charge in [0.15, 0.2) is 0 Å². The summed E-state index contributed by atoms with van der Waals surface area (Å²) in [6, 6.07) is 6.60. The highest BCUT2D eigenvalue weighted by Gasteiger charge is 2.26. The average Bonchev–Trinajstić information content (AvgIpc) is 3.53. The minimum absolute atomic E-state index is 0.0515. The predicted octanol–water partition coefficient (Wildman–Crippen LogP) is 2.23. The Balaban J connectivity index is 1.16. The van der Waals surface area contributed by atoms with E-state index >= 15 is 0 Å². The van der Waals surface area contributed by atoms with Gasteiger partial charge in [-0.2, -0.15) is 0 Å². The Morgan fingerprint density at radius 2 is 2.00 bits per heavy atom. The van der Waals surface area contributed by atoms with Crippen molar-refractivity contribution >= 4 is 22.8 Å². The summed E-state index contributed by atoms with van der Waals surface area (Å²) in [5, 5.41) is 10.0. The molecule has 2 aromatic heterocycles. The summed E-state index contributed by atoms with van der Waals surface area (Å²) in [5.41, 5.74) is 6.65. The fraction of sp³-hybridized carbons (Fsp3) is 0.423. The molecule has 36 heavy (non-hydrogen) atoms. The summed E-state index contributed by atoms with van der Waals surface area (Å²) in [6.07, 6.45) is 6.92. The van der Waals surface area contributed by atoms with Crippen molar-refractivity contribution < 1.29 is 14.7 Å². The quantitative estimate of drug-likeness (QED) is 0.370. The first-order chi connectivity index (χ1) is 17.6. The van der Waals surface area contributed by atoms with Gasteiger partial charge in [0.2, 0.25) is 5.95 Å². The van der Waals surface area contributed by atoms with Crippen molar-refractivity contribution in [3.8, 4) is 0 Å². The number of aromatic amines is 1. The lowest BCUT2D eigenvalue weighted by molar-refractivity contribution is 0.0705. The van der Waals surface area contributed by atoms with E-state index in [1.165, 1.54) is 34.6 Å². The molecule has 3 aliphatic rings. The standard InChI is InChI=1S/C26H31N7O3/c1-31-8-10-32(11-9-31)15-19-3-5-24(36-19)17-2-4-22-20(12-17)21-16-33(7-6-23(21)29-22)26-27-13-18(14-28-26)25(34)30-35/h2-4,12-14,24,29,35H,5-11,15-16H2,1H3,(H,30,34). The van der Waals surface area contributed by atoms with Crippen molar-refractivity contribution in [2.45, 2.75) is 25.5 Å². The Kier molecular flexibility index (Phi) is 6.08. The highest BCUT2D eigenvalue weighted by Crippen LogP contribution is 2.35. The van der Waals surface area contributed by atoms with Crippen LogP contribution in [0.2, 0.25) is 0 Å². The Morgan fingerprint density at radius 1 is 1.19 bits per heavy atom. The molecule has 1 saturated heterocycles. The Labute approximate surface area is 209 Å². The van der Waals surface area contributed by atoms with Gasteiger partial charge in [0.1, 0.15) is 11.9 Å². The maximum atomic E-state index is 11.6. The molecule has 1 fully saturated rings. The van der Waals surface area contributed by atoms with Gasteiger partial charge in [-0.15, -0.1) is 0 Å². The summed E-state index contributed by atoms with van der Waals surface area (Å²) >= 11 is 0. The zero-order chi connectivity index (χ0) is 24.6. The number of hydrogen-bond acceptors (Lipinski definition) is 8. The van der Waals surface area contributed by atoms with Gasteiger partial charge < -0.3 is 19.5 Å². The summed E-state index contributed by atoms with van der Waals surface area (Å²) in [6.45, 7) is 6.74. The number of nitrogens with zero attached hydrogens (tertiary/aromatic N) is 5. The number of ether oxygens (including phenoxy) is 1. The van der Waals surface area contributed by atoms with E-state index in [2.05, 4.69) is 61.0 Å². The van der Waals surface area contributed by atoms with E-state index in [9.17, 15) is 4.79 Å². The molecule has 3 aromatic rings. The van der Waals surface area contributed by atoms with Crippen LogP contribution in [0, 0.1) is 0 Å². The number of likely N-dealkylation sites (N-methyl/N-ethyl adjacent to an activating group) is 1. The lowest BCUT2D eigenvalue weighted by atomic mass is 10.0. The van der Waals surface area contributed by atoms with Crippen LogP contribution in [-0.4, -0.2) is 82.2 Å². The molecule has 1 amide bonds. The first-order valence-electron chi connectivity index (χ1n) is 12.5. The smallest absolute Gasteiger partial charge is 0.277 e. The maximum Gasteiger partial charge on any atom is 0.277 e. The molecule has 6 rings (SSSR count). The molecule has 0 radical (unpaired) electrons. The third kappa shape index (κ3) is 4.43. The van der Waals surface area contributed by atoms with Crippen LogP contribution < -0.4 is 10.4 Å². The lowest BCUT2D eigenvalue weighted by Crippen LogP contribution is -2.45. The number of carbonyl (C=O) groups is 1. The molecule has 3 aliphatic heterocycles. The van der Waals surface area contributed by atoms with Gasteiger partial charge in [0.05, 0.1) is 12.1 Å². The van der Waals surface area contributed by atoms with E-state index in [4.69, 9.17) is 9.94 Å². The number of hydrogen-bond donors (Lipinski definition) is 3. The van der Waals surface area contributed by atoms with Crippen LogP contribution in [0.1, 0.15) is 39.7 Å². The maximum absolute atomic E-state index is 11.6. The van der Waals surface area contributed by atoms with Gasteiger partial charge in [0.25, 0.3) is 5.91 Å². The van der Waals surface area contributed by atoms with Crippen molar-refractivity contribution in [2.75, 3.05) is 51.2 Å². The molecule has 0 bridgehead atoms. The van der Waals surface area contributed by atoms with Crippen molar-refractivity contribution in [3.63, 3.8) is 0 Å². The second kappa shape index (κ2) is 9.53. The predicted molar refractivity (Wildman–Crippen MR) is 135 cm³/mol. The molecule has 188 valence electrons. The minimum atomic E-state index is -0.623. The Hall–Kier alpha value is -3.47. The number of benzene rings is 1. The van der Waals surface area contributed by atoms with E-state index in [1.807, 2.05) is 0 Å². The third-order valence-electron chi connectivity index (χ3n) is 7.48. The number of rotatable bonds is 5. The summed E-state index contributed by atoms with van der Waals surface area (Å²) in [5.74, 6) is 1.03. The van der Waals surface area contributed by atoms with E-state index < -0.39 is 5.91 Å². The fourth-order valence-corrected chi connectivity index (χ4v) is 5.32. The van der Waals surface area contributed by atoms with E-state index in [0.29, 0.717) is 12.5 Å². The largest absolute Gasteiger partial charge is 0.489 e. The van der Waals surface area contributed by atoms with Crippen molar-refractivity contribution in [3.05, 3.63) is 64.8 Å². The number of piperazine rings is 1. The van der Waals surface area contributed by atoms with Gasteiger partial charge in [-0.3, -0.25) is 14.9 Å². The number of amides is 1. The van der Waals surface area contributed by atoms with Crippen LogP contribution in [0.5, 0.6) is 0 Å². The van der Waals surface area contributed by atoms with Crippen LogP contribution in [0.4, 0.5) is 5.95 Å². The van der Waals surface area contributed by atoms with Crippen LogP contribution in [-0.2, 0) is 17.7 Å². The summed E-state index contributed by atoms with van der Waals surface area (Å²) in [7, 11) is 2.18. The molecule has 0 saturated carbocycles. The highest BCUT2D eigenvalue weighted by molar-refractivity contribution is 5.92. The lowest BCUT2D eigenvalue weighted by Gasteiger charge is -2.32. The van der Waals surface area contributed by atoms with Crippen molar-refractivity contribution in [1.29, 1.82) is 0 Å². The van der Waals surface area contributed by atoms with Crippen LogP contribution in [0.3, 0.4) is 0 Å². The Morgan fingerprint density at radius 3 is 2.78 bits per heavy atom. The molecule has 1 aromatic carbocycles. The molecule has 10 nitrogen and oxygen atoms in total. The van der Waals surface area contributed by atoms with E-state index in [0.717, 1.165) is 63.4 Å². The number of H-pyrrole nitrogens is 1. The third-order valence-corrected chi connectivity index (χ3v) is 7.48. The van der Waals surface area contributed by atoms with Crippen molar-refractivity contribution in [2.24, 2.45) is 0 Å². The SMILES string of the molecule is CN1CCN(CC2=CCC(c3ccc4[nH]c5c(c4c3)CN(c3ncc(C(=O)NO)cn3)CC5)O2)CC1. The molecule has 1 atom stereocenters. The van der Waals surface area contributed by atoms with Gasteiger partial charge in [-0.1, -0.05) is 6.07 Å². The summed E-state index contributed by atoms with van der Waals surface area (Å²) in [4.78, 5) is 30.8. The fourth-order valence-electron chi connectivity index (χ4n) is 5.32. The van der Waals surface area contributed by atoms with Crippen LogP contribution in [0.25, 0.3) is 10.9 Å². The molecular formula is C26H31N7O3. The first-order valence-corrected chi connectivity index (χ1v) is 12.5. The summed E-state index contributed by atoms with van der Waals surface area (Å²) < 4.78 is 6.39. The highest BCUT2D eigenvalue weighted by atomic mass is 16.5. The molecule has 3 N–H and O–H groups in total. The van der Waals surface area contributed by atoms with Crippen molar-refractivity contribution in [1.82, 2.24) is 30.2 Å². The molecular weight excluding hydrogens is 458 g/mol. The van der Waals surface area contributed by atoms with Crippen LogP contribution in [0.15, 0.2) is 42.4 Å². The van der Waals surface area contributed by atoms with Gasteiger partial charge in [-0.05, 0) is 30.8 Å². The number of hydroxylamine groups is 1. The zero-order valence-corrected chi connectivity index (χ0v) is 20.4. The topological polar surface area (TPSA) is 110 Å². The van der Waals surface area contributed by atoms with Gasteiger partial charge in [-0.25, -0.2) is 15.4 Å². The first kappa shape index (κ1) is 23.0. The normalized spacial score (nSPS) is 20.8. The number of anilines is 1. The number of nitrogens with one attached hydrogen (secondary N) is 2. The monoisotopic (exact) mass is 489 g/mol. The minimum Gasteiger partial charge on any atom is -0.489 e. The van der Waals surface area contributed by atoms with Crippen LogP contribution >= 0.6 is 0 Å². The molecule has 1 unspecified atom stereocenters. The zero-order valence-electron chi connectivity index (χ0n) is 20.4. The number of aromatic nitrogens is 3.